The Labute approximate surface area is 174 Å². The van der Waals surface area contributed by atoms with Crippen LogP contribution in [0, 0.1) is 28.1 Å². The Morgan fingerprint density at radius 2 is 1.86 bits per heavy atom. The summed E-state index contributed by atoms with van der Waals surface area (Å²) in [5.74, 6) is 0.539. The van der Waals surface area contributed by atoms with E-state index in [0.29, 0.717) is 24.7 Å². The van der Waals surface area contributed by atoms with Gasteiger partial charge < -0.3 is 10.6 Å². The summed E-state index contributed by atoms with van der Waals surface area (Å²) in [6.07, 6.45) is 5.65. The highest BCUT2D eigenvalue weighted by Crippen LogP contribution is 2.65. The third kappa shape index (κ3) is 3.00. The minimum Gasteiger partial charge on any atom is -0.351 e. The number of nitrogens with one attached hydrogen (secondary N) is 2. The lowest BCUT2D eigenvalue weighted by molar-refractivity contribution is -0.138. The van der Waals surface area contributed by atoms with E-state index in [1.165, 1.54) is 6.42 Å². The minimum absolute atomic E-state index is 0.0118. The van der Waals surface area contributed by atoms with Crippen molar-refractivity contribution in [3.63, 3.8) is 0 Å². The van der Waals surface area contributed by atoms with Crippen molar-refractivity contribution < 1.29 is 14.4 Å². The smallest absolute Gasteiger partial charge is 0.325 e. The van der Waals surface area contributed by atoms with Gasteiger partial charge in [0.2, 0.25) is 5.91 Å². The van der Waals surface area contributed by atoms with Crippen molar-refractivity contribution in [1.82, 2.24) is 15.5 Å². The van der Waals surface area contributed by atoms with Crippen molar-refractivity contribution in [3.05, 3.63) is 0 Å². The number of urea groups is 1. The summed E-state index contributed by atoms with van der Waals surface area (Å²) in [4.78, 5) is 39.9. The van der Waals surface area contributed by atoms with Crippen LogP contribution in [0.2, 0.25) is 0 Å². The molecule has 4 fully saturated rings. The maximum atomic E-state index is 13.3. The van der Waals surface area contributed by atoms with E-state index < -0.39 is 11.6 Å². The molecule has 1 heterocycles. The zero-order valence-corrected chi connectivity index (χ0v) is 18.9. The van der Waals surface area contributed by atoms with Gasteiger partial charge in [0.05, 0.1) is 0 Å². The van der Waals surface area contributed by atoms with E-state index in [2.05, 4.69) is 52.2 Å². The number of rotatable bonds is 3. The second-order valence-electron chi connectivity index (χ2n) is 12.0. The maximum absolute atomic E-state index is 13.3. The van der Waals surface area contributed by atoms with E-state index in [4.69, 9.17) is 0 Å². The molecule has 0 aromatic rings. The predicted octanol–water partition coefficient (Wildman–Crippen LogP) is 3.45. The van der Waals surface area contributed by atoms with Gasteiger partial charge in [-0.3, -0.25) is 14.5 Å². The van der Waals surface area contributed by atoms with Gasteiger partial charge in [-0.05, 0) is 66.6 Å². The normalized spacial score (nSPS) is 42.4. The van der Waals surface area contributed by atoms with Gasteiger partial charge in [0, 0.05) is 6.04 Å². The van der Waals surface area contributed by atoms with Crippen LogP contribution in [0.3, 0.4) is 0 Å². The van der Waals surface area contributed by atoms with Gasteiger partial charge in [-0.15, -0.1) is 0 Å². The lowest BCUT2D eigenvalue weighted by atomic mass is 9.64. The molecule has 6 nitrogen and oxygen atoms in total. The highest BCUT2D eigenvalue weighted by molar-refractivity contribution is 6.09. The molecule has 0 radical (unpaired) electrons. The average molecular weight is 404 g/mol. The third-order valence-corrected chi connectivity index (χ3v) is 9.06. The van der Waals surface area contributed by atoms with Crippen molar-refractivity contribution in [3.8, 4) is 0 Å². The molecule has 5 unspecified atom stereocenters. The maximum Gasteiger partial charge on any atom is 0.325 e. The number of hydrogen-bond acceptors (Lipinski definition) is 3. The summed E-state index contributed by atoms with van der Waals surface area (Å²) in [6, 6.07) is -0.304. The molecule has 5 atom stereocenters. The Morgan fingerprint density at radius 1 is 1.17 bits per heavy atom. The fourth-order valence-corrected chi connectivity index (χ4v) is 7.46. The SMILES string of the molecule is CC1CC(C)(C)CC2(C1)NC(=O)N(CC(=O)NC1CC3CCC1(C)C3(C)C)C2=O. The van der Waals surface area contributed by atoms with E-state index in [1.54, 1.807) is 0 Å². The summed E-state index contributed by atoms with van der Waals surface area (Å²) in [6.45, 7) is 13.1. The molecule has 4 amide bonds. The lowest BCUT2D eigenvalue weighted by Crippen LogP contribution is -2.54. The standard InChI is InChI=1S/C23H37N3O3/c1-14-10-20(2,3)13-23(11-14)18(28)26(19(29)25-23)12-17(27)24-16-9-15-7-8-22(16,6)21(15,4)5/h14-16H,7-13H2,1-6H3,(H,24,27)(H,25,29). The summed E-state index contributed by atoms with van der Waals surface area (Å²) >= 11 is 0. The first-order chi connectivity index (χ1) is 13.3. The summed E-state index contributed by atoms with van der Waals surface area (Å²) < 4.78 is 0. The van der Waals surface area contributed by atoms with Crippen molar-refractivity contribution in [2.75, 3.05) is 6.54 Å². The van der Waals surface area contributed by atoms with Gasteiger partial charge in [0.25, 0.3) is 5.91 Å². The monoisotopic (exact) mass is 403 g/mol. The number of nitrogens with zero attached hydrogens (tertiary/aromatic N) is 1. The molecule has 29 heavy (non-hydrogen) atoms. The molecule has 2 N–H and O–H groups in total. The quantitative estimate of drug-likeness (QED) is 0.709. The molecule has 4 rings (SSSR count). The topological polar surface area (TPSA) is 78.5 Å². The van der Waals surface area contributed by atoms with Crippen molar-refractivity contribution in [2.45, 2.75) is 91.6 Å². The molecular formula is C23H37N3O3. The van der Waals surface area contributed by atoms with E-state index in [-0.39, 0.29) is 40.6 Å². The van der Waals surface area contributed by atoms with Crippen molar-refractivity contribution >= 4 is 17.8 Å². The number of fused-ring (bicyclic) bond motifs is 2. The Balaban J connectivity index is 1.44. The van der Waals surface area contributed by atoms with Crippen LogP contribution in [0.5, 0.6) is 0 Å². The molecule has 4 aliphatic rings. The molecule has 0 aromatic heterocycles. The Kier molecular flexibility index (Phi) is 4.43. The van der Waals surface area contributed by atoms with Gasteiger partial charge in [0.1, 0.15) is 12.1 Å². The van der Waals surface area contributed by atoms with E-state index in [9.17, 15) is 14.4 Å². The first-order valence-electron chi connectivity index (χ1n) is 11.2. The molecule has 0 aromatic carbocycles. The van der Waals surface area contributed by atoms with Crippen LogP contribution >= 0.6 is 0 Å². The van der Waals surface area contributed by atoms with Gasteiger partial charge in [-0.1, -0.05) is 41.5 Å². The van der Waals surface area contributed by atoms with Crippen LogP contribution in [0.15, 0.2) is 0 Å². The summed E-state index contributed by atoms with van der Waals surface area (Å²) in [7, 11) is 0. The Bertz CT molecular complexity index is 760. The molecule has 3 saturated carbocycles. The average Bonchev–Trinajstić information content (AvgIpc) is 2.99. The van der Waals surface area contributed by atoms with Crippen molar-refractivity contribution in [1.29, 1.82) is 0 Å². The van der Waals surface area contributed by atoms with Crippen LogP contribution in [0.1, 0.15) is 80.1 Å². The molecule has 1 saturated heterocycles. The van der Waals surface area contributed by atoms with Crippen LogP contribution in [0.4, 0.5) is 4.79 Å². The summed E-state index contributed by atoms with van der Waals surface area (Å²) in [5.41, 5.74) is -0.574. The number of carbonyl (C=O) groups is 3. The van der Waals surface area contributed by atoms with Crippen LogP contribution < -0.4 is 10.6 Å². The van der Waals surface area contributed by atoms with Gasteiger partial charge in [-0.25, -0.2) is 4.79 Å². The number of hydrogen-bond donors (Lipinski definition) is 2. The van der Waals surface area contributed by atoms with Crippen molar-refractivity contribution in [2.24, 2.45) is 28.1 Å². The molecule has 2 bridgehead atoms. The second-order valence-corrected chi connectivity index (χ2v) is 12.0. The molecule has 1 aliphatic heterocycles. The van der Waals surface area contributed by atoms with E-state index >= 15 is 0 Å². The first kappa shape index (κ1) is 20.7. The number of carbonyl (C=O) groups excluding carboxylic acids is 3. The molecule has 6 heteroatoms. The number of imide groups is 1. The molecule has 162 valence electrons. The predicted molar refractivity (Wildman–Crippen MR) is 111 cm³/mol. The van der Waals surface area contributed by atoms with Crippen LogP contribution in [0.25, 0.3) is 0 Å². The van der Waals surface area contributed by atoms with Crippen LogP contribution in [-0.4, -0.2) is 40.9 Å². The van der Waals surface area contributed by atoms with Gasteiger partial charge >= 0.3 is 6.03 Å². The zero-order chi connectivity index (χ0) is 21.4. The fraction of sp³-hybridized carbons (Fsp3) is 0.870. The van der Waals surface area contributed by atoms with Crippen LogP contribution in [-0.2, 0) is 9.59 Å². The number of amides is 4. The lowest BCUT2D eigenvalue weighted by Gasteiger charge is -2.43. The molecular weight excluding hydrogens is 366 g/mol. The summed E-state index contributed by atoms with van der Waals surface area (Å²) in [5, 5.41) is 6.14. The largest absolute Gasteiger partial charge is 0.351 e. The zero-order valence-electron chi connectivity index (χ0n) is 18.9. The molecule has 1 spiro atoms. The minimum atomic E-state index is -0.848. The van der Waals surface area contributed by atoms with E-state index in [0.717, 1.165) is 24.2 Å². The van der Waals surface area contributed by atoms with Gasteiger partial charge in [-0.2, -0.15) is 0 Å². The molecule has 3 aliphatic carbocycles. The Morgan fingerprint density at radius 3 is 2.41 bits per heavy atom. The van der Waals surface area contributed by atoms with E-state index in [1.807, 2.05) is 0 Å². The highest BCUT2D eigenvalue weighted by atomic mass is 16.2. The fourth-order valence-electron chi connectivity index (χ4n) is 7.46. The third-order valence-electron chi connectivity index (χ3n) is 9.06. The highest BCUT2D eigenvalue weighted by Gasteiger charge is 2.62. The first-order valence-corrected chi connectivity index (χ1v) is 11.2. The second kappa shape index (κ2) is 6.21. The van der Waals surface area contributed by atoms with Gasteiger partial charge in [0.15, 0.2) is 0 Å². The Hall–Kier alpha value is -1.59.